The molecule has 1 heterocycles. The molecule has 1 aromatic carbocycles. The van der Waals surface area contributed by atoms with Gasteiger partial charge >= 0.3 is 6.29 Å². The van der Waals surface area contributed by atoms with Gasteiger partial charge in [-0.15, -0.1) is 8.78 Å². The van der Waals surface area contributed by atoms with Crippen molar-refractivity contribution in [2.75, 3.05) is 0 Å². The number of ether oxygens (including phenoxy) is 3. The van der Waals surface area contributed by atoms with Gasteiger partial charge in [-0.2, -0.15) is 0 Å². The Hall–Kier alpha value is -1.36. The molecule has 1 unspecified atom stereocenters. The van der Waals surface area contributed by atoms with E-state index in [-0.39, 0.29) is 11.5 Å². The highest BCUT2D eigenvalue weighted by atomic mass is 19.3. The normalized spacial score (nSPS) is 32.4. The van der Waals surface area contributed by atoms with Crippen molar-refractivity contribution in [3.8, 4) is 11.5 Å². The highest BCUT2D eigenvalue weighted by Crippen LogP contribution is 2.44. The van der Waals surface area contributed by atoms with E-state index in [1.54, 1.807) is 12.1 Å². The van der Waals surface area contributed by atoms with Crippen LogP contribution in [0.4, 0.5) is 8.78 Å². The molecular weight excluding hydrogens is 278 g/mol. The summed E-state index contributed by atoms with van der Waals surface area (Å²) >= 11 is 0. The summed E-state index contributed by atoms with van der Waals surface area (Å²) in [5.41, 5.74) is 0.841. The maximum absolute atomic E-state index is 13.0. The third kappa shape index (κ3) is 2.71. The molecule has 2 aliphatic carbocycles. The van der Waals surface area contributed by atoms with E-state index in [0.29, 0.717) is 12.7 Å². The van der Waals surface area contributed by atoms with Crippen LogP contribution in [0.3, 0.4) is 0 Å². The fourth-order valence-electron chi connectivity index (χ4n) is 3.88. The van der Waals surface area contributed by atoms with Crippen LogP contribution in [0.1, 0.15) is 37.7 Å². The average Bonchev–Trinajstić information content (AvgIpc) is 2.93. The third-order valence-corrected chi connectivity index (χ3v) is 4.79. The van der Waals surface area contributed by atoms with Crippen LogP contribution in [0.5, 0.6) is 11.5 Å². The van der Waals surface area contributed by atoms with Gasteiger partial charge in [0.25, 0.3) is 0 Å². The number of hydrogen-bond acceptors (Lipinski definition) is 3. The quantitative estimate of drug-likeness (QED) is 0.840. The SMILES string of the molecule is FC1(F)Oc2ccc(COC3C[C@H]4CC[C@@H](C3)C4)cc2O1. The topological polar surface area (TPSA) is 27.7 Å². The summed E-state index contributed by atoms with van der Waals surface area (Å²) in [5.74, 6) is 1.82. The molecule has 5 heteroatoms. The third-order valence-electron chi connectivity index (χ3n) is 4.79. The molecule has 0 aromatic heterocycles. The van der Waals surface area contributed by atoms with Gasteiger partial charge in [0.2, 0.25) is 0 Å². The van der Waals surface area contributed by atoms with Crippen molar-refractivity contribution in [2.24, 2.45) is 11.8 Å². The predicted octanol–water partition coefficient (Wildman–Crippen LogP) is 4.10. The smallest absolute Gasteiger partial charge is 0.395 e. The second-order valence-electron chi connectivity index (χ2n) is 6.40. The van der Waals surface area contributed by atoms with Crippen molar-refractivity contribution in [2.45, 2.75) is 51.1 Å². The Kier molecular flexibility index (Phi) is 3.06. The van der Waals surface area contributed by atoms with Gasteiger partial charge in [0, 0.05) is 0 Å². The Morgan fingerprint density at radius 1 is 1.05 bits per heavy atom. The molecule has 21 heavy (non-hydrogen) atoms. The Morgan fingerprint density at radius 2 is 1.76 bits per heavy atom. The maximum Gasteiger partial charge on any atom is 0.586 e. The molecular formula is C16H18F2O3. The number of benzene rings is 1. The lowest BCUT2D eigenvalue weighted by Gasteiger charge is -2.27. The lowest BCUT2D eigenvalue weighted by Crippen LogP contribution is -2.25. The minimum absolute atomic E-state index is 0.0828. The van der Waals surface area contributed by atoms with Crippen molar-refractivity contribution in [1.29, 1.82) is 0 Å². The number of fused-ring (bicyclic) bond motifs is 3. The highest BCUT2D eigenvalue weighted by molar-refractivity contribution is 5.45. The van der Waals surface area contributed by atoms with Crippen LogP contribution >= 0.6 is 0 Å². The minimum Gasteiger partial charge on any atom is -0.395 e. The van der Waals surface area contributed by atoms with Crippen molar-refractivity contribution in [1.82, 2.24) is 0 Å². The van der Waals surface area contributed by atoms with Crippen molar-refractivity contribution >= 4 is 0 Å². The van der Waals surface area contributed by atoms with Gasteiger partial charge in [0.15, 0.2) is 11.5 Å². The summed E-state index contributed by atoms with van der Waals surface area (Å²) in [4.78, 5) is 0. The van der Waals surface area contributed by atoms with E-state index in [4.69, 9.17) is 4.74 Å². The molecule has 3 nitrogen and oxygen atoms in total. The molecule has 3 atom stereocenters. The average molecular weight is 296 g/mol. The fourth-order valence-corrected chi connectivity index (χ4v) is 3.88. The molecule has 0 spiro atoms. The molecule has 4 rings (SSSR count). The van der Waals surface area contributed by atoms with Crippen molar-refractivity contribution in [3.63, 3.8) is 0 Å². The lowest BCUT2D eigenvalue weighted by atomic mass is 9.87. The zero-order valence-electron chi connectivity index (χ0n) is 11.7. The number of halogens is 2. The predicted molar refractivity (Wildman–Crippen MR) is 71.3 cm³/mol. The van der Waals surface area contributed by atoms with Gasteiger partial charge in [-0.05, 0) is 48.8 Å². The Bertz CT molecular complexity index is 534. The van der Waals surface area contributed by atoms with Crippen molar-refractivity contribution < 1.29 is 23.0 Å². The number of hydrogen-bond donors (Lipinski definition) is 0. The summed E-state index contributed by atoms with van der Waals surface area (Å²) in [6.07, 6.45) is 3.07. The lowest BCUT2D eigenvalue weighted by molar-refractivity contribution is -0.286. The van der Waals surface area contributed by atoms with Gasteiger partial charge in [0.05, 0.1) is 12.7 Å². The number of alkyl halides is 2. The van der Waals surface area contributed by atoms with E-state index in [2.05, 4.69) is 9.47 Å². The summed E-state index contributed by atoms with van der Waals surface area (Å²) < 4.78 is 40.7. The van der Waals surface area contributed by atoms with Gasteiger partial charge < -0.3 is 14.2 Å². The zero-order chi connectivity index (χ0) is 14.4. The van der Waals surface area contributed by atoms with Crippen LogP contribution in [0.2, 0.25) is 0 Å². The van der Waals surface area contributed by atoms with Crippen molar-refractivity contribution in [3.05, 3.63) is 23.8 Å². The van der Waals surface area contributed by atoms with Gasteiger partial charge in [0.1, 0.15) is 0 Å². The Labute approximate surface area is 122 Å². The van der Waals surface area contributed by atoms with E-state index < -0.39 is 6.29 Å². The van der Waals surface area contributed by atoms with E-state index in [1.807, 2.05) is 0 Å². The summed E-state index contributed by atoms with van der Waals surface area (Å²) in [6, 6.07) is 4.84. The molecule has 1 aliphatic heterocycles. The fraction of sp³-hybridized carbons (Fsp3) is 0.625. The van der Waals surface area contributed by atoms with E-state index in [0.717, 1.165) is 30.2 Å². The van der Waals surface area contributed by atoms with E-state index >= 15 is 0 Å². The summed E-state index contributed by atoms with van der Waals surface area (Å²) in [6.45, 7) is 0.437. The first-order chi connectivity index (χ1) is 10.1. The maximum atomic E-state index is 13.0. The molecule has 0 saturated heterocycles. The van der Waals surface area contributed by atoms with Crippen LogP contribution < -0.4 is 9.47 Å². The van der Waals surface area contributed by atoms with Crippen LogP contribution in [-0.2, 0) is 11.3 Å². The Morgan fingerprint density at radius 3 is 2.52 bits per heavy atom. The molecule has 114 valence electrons. The second-order valence-corrected chi connectivity index (χ2v) is 6.40. The van der Waals surface area contributed by atoms with E-state index in [1.165, 1.54) is 25.3 Å². The molecule has 1 aromatic rings. The highest BCUT2D eigenvalue weighted by Gasteiger charge is 2.43. The Balaban J connectivity index is 1.38. The van der Waals surface area contributed by atoms with Gasteiger partial charge in [-0.1, -0.05) is 18.9 Å². The molecule has 2 fully saturated rings. The molecule has 0 radical (unpaired) electrons. The van der Waals surface area contributed by atoms with Crippen LogP contribution in [0.15, 0.2) is 18.2 Å². The first-order valence-corrected chi connectivity index (χ1v) is 7.58. The van der Waals surface area contributed by atoms with E-state index in [9.17, 15) is 8.78 Å². The molecule has 3 aliphatic rings. The van der Waals surface area contributed by atoms with Crippen LogP contribution in [0.25, 0.3) is 0 Å². The second kappa shape index (κ2) is 4.83. The van der Waals surface area contributed by atoms with Gasteiger partial charge in [-0.25, -0.2) is 0 Å². The molecule has 0 N–H and O–H groups in total. The first kappa shape index (κ1) is 13.3. The molecule has 0 amide bonds. The molecule has 2 bridgehead atoms. The minimum atomic E-state index is -3.55. The summed E-state index contributed by atoms with van der Waals surface area (Å²) in [5, 5.41) is 0. The number of rotatable bonds is 3. The largest absolute Gasteiger partial charge is 0.586 e. The van der Waals surface area contributed by atoms with Gasteiger partial charge in [-0.3, -0.25) is 0 Å². The van der Waals surface area contributed by atoms with Crippen LogP contribution in [-0.4, -0.2) is 12.4 Å². The molecule has 2 saturated carbocycles. The standard InChI is InChI=1S/C16H18F2O3/c17-16(18)20-14-4-3-12(8-15(14)21-16)9-19-13-6-10-1-2-11(5-10)7-13/h3-4,8,10-11,13H,1-2,5-7,9H2/t10-,11+,13?. The zero-order valence-corrected chi connectivity index (χ0v) is 11.7. The summed E-state index contributed by atoms with van der Waals surface area (Å²) in [7, 11) is 0. The van der Waals surface area contributed by atoms with Crippen LogP contribution in [0, 0.1) is 11.8 Å². The first-order valence-electron chi connectivity index (χ1n) is 7.58. The monoisotopic (exact) mass is 296 g/mol.